The number of nitrogens with zero attached hydrogens (tertiary/aromatic N) is 1. The second-order valence-electron chi connectivity index (χ2n) is 8.98. The smallest absolute Gasteiger partial charge is 0.326 e. The molecule has 6 nitrogen and oxygen atoms in total. The van der Waals surface area contributed by atoms with E-state index in [0.717, 1.165) is 23.3 Å². The molecule has 0 spiro atoms. The summed E-state index contributed by atoms with van der Waals surface area (Å²) < 4.78 is 24.4. The van der Waals surface area contributed by atoms with Gasteiger partial charge in [0, 0.05) is 29.6 Å². The molecule has 0 aromatic heterocycles. The predicted octanol–water partition coefficient (Wildman–Crippen LogP) is 5.72. The number of hydrogen-bond acceptors (Lipinski definition) is 5. The van der Waals surface area contributed by atoms with Crippen LogP contribution in [0.4, 0.5) is 5.69 Å². The fraction of sp³-hybridized carbons (Fsp3) is 0.300. The molecule has 1 saturated heterocycles. The highest BCUT2D eigenvalue weighted by Crippen LogP contribution is 2.52. The Bertz CT molecular complexity index is 1260. The summed E-state index contributed by atoms with van der Waals surface area (Å²) in [4.78, 5) is 15.9. The number of carbonyl (C=O) groups excluding carboxylic acids is 1. The van der Waals surface area contributed by atoms with Crippen LogP contribution in [0.25, 0.3) is 0 Å². The standard InChI is InChI=1S/C30H31NO5/c1-4-17-35-30-25(19-22-13-9-6-10-14-27(22)36-30)24(18-21-11-7-5-8-12-21)29(32)31(30)26-16-15-23(33-2)20-28(26)34-3/h5-16,20,22H,4,17-19H2,1-3H3. The minimum atomic E-state index is -1.40. The maximum atomic E-state index is 14.3. The van der Waals surface area contributed by atoms with Gasteiger partial charge in [-0.2, -0.15) is 0 Å². The van der Waals surface area contributed by atoms with Crippen molar-refractivity contribution in [1.82, 2.24) is 0 Å². The third-order valence-electron chi connectivity index (χ3n) is 6.73. The maximum Gasteiger partial charge on any atom is 0.326 e. The van der Waals surface area contributed by atoms with Gasteiger partial charge in [-0.25, -0.2) is 4.90 Å². The first-order chi connectivity index (χ1) is 17.6. The van der Waals surface area contributed by atoms with Crippen LogP contribution >= 0.6 is 0 Å². The van der Waals surface area contributed by atoms with Crippen LogP contribution < -0.4 is 14.4 Å². The highest BCUT2D eigenvalue weighted by molar-refractivity contribution is 6.11. The predicted molar refractivity (Wildman–Crippen MR) is 139 cm³/mol. The van der Waals surface area contributed by atoms with Crippen molar-refractivity contribution in [1.29, 1.82) is 0 Å². The van der Waals surface area contributed by atoms with Crippen LogP contribution in [0.3, 0.4) is 0 Å². The number of amides is 1. The van der Waals surface area contributed by atoms with Gasteiger partial charge in [0.1, 0.15) is 17.3 Å². The van der Waals surface area contributed by atoms with E-state index in [4.69, 9.17) is 18.9 Å². The lowest BCUT2D eigenvalue weighted by Gasteiger charge is -2.45. The first-order valence-corrected chi connectivity index (χ1v) is 12.3. The summed E-state index contributed by atoms with van der Waals surface area (Å²) in [7, 11) is 3.18. The van der Waals surface area contributed by atoms with Gasteiger partial charge in [-0.3, -0.25) is 4.79 Å². The molecular formula is C30H31NO5. The normalized spacial score (nSPS) is 22.5. The Labute approximate surface area is 212 Å². The van der Waals surface area contributed by atoms with Crippen molar-refractivity contribution in [2.75, 3.05) is 25.7 Å². The fourth-order valence-electron chi connectivity index (χ4n) is 5.01. The number of anilines is 1. The summed E-state index contributed by atoms with van der Waals surface area (Å²) >= 11 is 0. The molecule has 0 radical (unpaired) electrons. The Morgan fingerprint density at radius 3 is 2.64 bits per heavy atom. The zero-order valence-corrected chi connectivity index (χ0v) is 20.9. The van der Waals surface area contributed by atoms with Gasteiger partial charge in [-0.1, -0.05) is 61.6 Å². The molecule has 2 aromatic rings. The summed E-state index contributed by atoms with van der Waals surface area (Å²) in [6.45, 7) is 2.47. The van der Waals surface area contributed by atoms with Gasteiger partial charge in [-0.15, -0.1) is 0 Å². The number of rotatable bonds is 8. The minimum absolute atomic E-state index is 0.0182. The van der Waals surface area contributed by atoms with Crippen LogP contribution in [-0.2, 0) is 20.7 Å². The average Bonchev–Trinajstić information content (AvgIpc) is 3.03. The van der Waals surface area contributed by atoms with Crippen LogP contribution in [0.5, 0.6) is 11.5 Å². The average molecular weight is 486 g/mol. The largest absolute Gasteiger partial charge is 0.497 e. The molecule has 1 amide bonds. The first-order valence-electron chi connectivity index (χ1n) is 12.3. The second-order valence-corrected chi connectivity index (χ2v) is 8.98. The highest BCUT2D eigenvalue weighted by Gasteiger charge is 2.59. The van der Waals surface area contributed by atoms with Crippen molar-refractivity contribution >= 4 is 11.6 Å². The molecule has 0 bridgehead atoms. The monoisotopic (exact) mass is 485 g/mol. The van der Waals surface area contributed by atoms with Crippen molar-refractivity contribution in [2.45, 2.75) is 32.1 Å². The molecule has 1 fully saturated rings. The van der Waals surface area contributed by atoms with Gasteiger partial charge in [0.25, 0.3) is 5.91 Å². The zero-order chi connectivity index (χ0) is 25.1. The maximum absolute atomic E-state index is 14.3. The van der Waals surface area contributed by atoms with Crippen molar-refractivity contribution in [3.63, 3.8) is 0 Å². The van der Waals surface area contributed by atoms with Crippen LogP contribution in [-0.4, -0.2) is 32.6 Å². The lowest BCUT2D eigenvalue weighted by molar-refractivity contribution is -0.200. The Hall–Kier alpha value is -3.77. The van der Waals surface area contributed by atoms with Gasteiger partial charge in [-0.05, 0) is 36.6 Å². The topological polar surface area (TPSA) is 57.2 Å². The first kappa shape index (κ1) is 23.9. The highest BCUT2D eigenvalue weighted by atomic mass is 16.7. The van der Waals surface area contributed by atoms with Crippen LogP contribution in [0.15, 0.2) is 95.8 Å². The molecule has 6 heteroatoms. The van der Waals surface area contributed by atoms with Crippen LogP contribution in [0.2, 0.25) is 0 Å². The summed E-state index contributed by atoms with van der Waals surface area (Å²) in [5.41, 5.74) is 3.18. The molecular weight excluding hydrogens is 454 g/mol. The number of allylic oxidation sites excluding steroid dienone is 5. The summed E-state index contributed by atoms with van der Waals surface area (Å²) in [6, 6.07) is 15.4. The molecule has 2 aromatic carbocycles. The van der Waals surface area contributed by atoms with E-state index in [1.54, 1.807) is 25.2 Å². The van der Waals surface area contributed by atoms with E-state index >= 15 is 0 Å². The molecule has 3 aliphatic rings. The number of methoxy groups -OCH3 is 2. The molecule has 2 aliphatic heterocycles. The SMILES string of the molecule is CCCOC12OC3=CC=CC=CC3CC1=C(Cc1ccccc1)C(=O)N2c1ccc(OC)cc1OC. The molecule has 2 unspecified atom stereocenters. The lowest BCUT2D eigenvalue weighted by Crippen LogP contribution is -2.55. The Balaban J connectivity index is 1.70. The van der Waals surface area contributed by atoms with Crippen LogP contribution in [0, 0.1) is 5.92 Å². The van der Waals surface area contributed by atoms with Gasteiger partial charge >= 0.3 is 5.91 Å². The molecule has 5 rings (SSSR count). The molecule has 36 heavy (non-hydrogen) atoms. The van der Waals surface area contributed by atoms with Gasteiger partial charge < -0.3 is 18.9 Å². The van der Waals surface area contributed by atoms with Gasteiger partial charge in [0.05, 0.1) is 26.5 Å². The number of hydrogen-bond donors (Lipinski definition) is 0. The van der Waals surface area contributed by atoms with E-state index in [1.165, 1.54) is 0 Å². The lowest BCUT2D eigenvalue weighted by atomic mass is 9.88. The van der Waals surface area contributed by atoms with Gasteiger partial charge in [0.2, 0.25) is 0 Å². The van der Waals surface area contributed by atoms with E-state index in [2.05, 4.69) is 6.08 Å². The minimum Gasteiger partial charge on any atom is -0.497 e. The van der Waals surface area contributed by atoms with Crippen molar-refractivity contribution < 1.29 is 23.7 Å². The van der Waals surface area contributed by atoms with Crippen molar-refractivity contribution in [2.24, 2.45) is 5.92 Å². The molecule has 0 saturated carbocycles. The molecule has 2 heterocycles. The van der Waals surface area contributed by atoms with E-state index < -0.39 is 5.91 Å². The van der Waals surface area contributed by atoms with E-state index in [1.807, 2.05) is 73.7 Å². The summed E-state index contributed by atoms with van der Waals surface area (Å²) in [5.74, 6) is 0.381. The number of fused-ring (bicyclic) bond motifs is 2. The van der Waals surface area contributed by atoms with Gasteiger partial charge in [0.15, 0.2) is 0 Å². The number of benzene rings is 2. The number of carbonyl (C=O) groups is 1. The second kappa shape index (κ2) is 10.1. The molecule has 2 atom stereocenters. The fourth-order valence-corrected chi connectivity index (χ4v) is 5.01. The molecule has 1 aliphatic carbocycles. The summed E-state index contributed by atoms with van der Waals surface area (Å²) in [5, 5.41) is 0. The van der Waals surface area contributed by atoms with Crippen LogP contribution in [0.1, 0.15) is 25.3 Å². The van der Waals surface area contributed by atoms with E-state index in [9.17, 15) is 4.79 Å². The van der Waals surface area contributed by atoms with Crippen molar-refractivity contribution in [3.05, 3.63) is 101 Å². The number of ether oxygens (including phenoxy) is 4. The zero-order valence-electron chi connectivity index (χ0n) is 20.9. The quantitative estimate of drug-likeness (QED) is 0.479. The Kier molecular flexibility index (Phi) is 6.70. The summed E-state index contributed by atoms with van der Waals surface area (Å²) in [6.07, 6.45) is 11.9. The Morgan fingerprint density at radius 1 is 1.06 bits per heavy atom. The van der Waals surface area contributed by atoms with E-state index in [-0.39, 0.29) is 11.8 Å². The Morgan fingerprint density at radius 2 is 1.89 bits per heavy atom. The molecule has 186 valence electrons. The van der Waals surface area contributed by atoms with E-state index in [0.29, 0.717) is 42.2 Å². The third kappa shape index (κ3) is 4.11. The van der Waals surface area contributed by atoms with Crippen molar-refractivity contribution in [3.8, 4) is 11.5 Å². The molecule has 0 N–H and O–H groups in total. The third-order valence-corrected chi connectivity index (χ3v) is 6.73.